The maximum atomic E-state index is 12.9. The zero-order valence-corrected chi connectivity index (χ0v) is 69.0. The first-order valence-corrected chi connectivity index (χ1v) is 49.0. The molecule has 0 N–H and O–H groups in total. The summed E-state index contributed by atoms with van der Waals surface area (Å²) in [7, 11) is 0. The number of carbonyl (C=O) groups is 3. The number of esters is 3. The summed E-state index contributed by atoms with van der Waals surface area (Å²) >= 11 is 9.87. The Kier molecular flexibility index (Phi) is 63.4. The molecule has 0 spiro atoms. The zero-order chi connectivity index (χ0) is 72.1. The molecule has 0 aliphatic carbocycles. The Morgan fingerprint density at radius 3 is 0.693 bits per heavy atom. The Morgan fingerprint density at radius 1 is 0.267 bits per heavy atom. The average molecular weight is 1470 g/mol. The monoisotopic (exact) mass is 1470 g/mol. The minimum absolute atomic E-state index is 0.178. The molecule has 7 nitrogen and oxygen atoms in total. The number of unbranched alkanes of at least 4 members (excludes halogenated alkanes) is 51. The van der Waals surface area contributed by atoms with Gasteiger partial charge in [-0.3, -0.25) is 14.4 Å². The van der Waals surface area contributed by atoms with Crippen LogP contribution in [0.15, 0.2) is 72.8 Å². The van der Waals surface area contributed by atoms with Crippen molar-refractivity contribution < 1.29 is 33.1 Å². The van der Waals surface area contributed by atoms with Crippen LogP contribution in [0.2, 0.25) is 0 Å². The summed E-state index contributed by atoms with van der Waals surface area (Å²) in [5.41, 5.74) is 3.93. The predicted molar refractivity (Wildman–Crippen MR) is 447 cm³/mol. The van der Waals surface area contributed by atoms with Gasteiger partial charge in [-0.1, -0.05) is 388 Å². The van der Waals surface area contributed by atoms with E-state index in [1.807, 2.05) is 36.4 Å². The van der Waals surface area contributed by atoms with E-state index in [4.69, 9.17) is 30.5 Å². The molecular weight excluding hydrogens is 1320 g/mol. The first-order valence-electron chi connectivity index (χ1n) is 43.1. The average Bonchev–Trinajstić information content (AvgIpc) is 1.03. The van der Waals surface area contributed by atoms with Crippen LogP contribution in [0, 0.1) is 0 Å². The number of hydrogen-bond donors (Lipinski definition) is 0. The van der Waals surface area contributed by atoms with Gasteiger partial charge in [0, 0.05) is 30.8 Å². The van der Waals surface area contributed by atoms with Crippen molar-refractivity contribution in [1.82, 2.24) is 0 Å². The van der Waals surface area contributed by atoms with Crippen LogP contribution < -0.4 is 14.2 Å². The van der Waals surface area contributed by atoms with Crippen LogP contribution in [0.5, 0.6) is 17.2 Å². The molecule has 0 radical (unpaired) electrons. The standard InChI is InChI=1S/C90H153O7PS3/c1-4-7-10-13-16-19-22-25-28-31-34-37-40-43-46-52-61-82-67-73-85(74-68-82)95-88(91)64-55-49-58-79-94-98(99,100-80-59-50-56-65-89(92)96-86-75-69-83(70-76-86)62-53-47-44-41-38-35-32-29-26-23-20-17-14-11-8-5-2)101-81-60-51-57-66-90(93)97-87-77-71-84(72-78-87)63-54-48-45-42-39-36-33-30-27-24-21-18-15-12-9-6-3/h67-78H,4-66,79-81H2,1-3H3. The Bertz CT molecular complexity index is 2120. The highest BCUT2D eigenvalue weighted by molar-refractivity contribution is 8.99. The van der Waals surface area contributed by atoms with Gasteiger partial charge in [0.1, 0.15) is 17.2 Å². The van der Waals surface area contributed by atoms with E-state index in [0.29, 0.717) is 43.1 Å². The summed E-state index contributed by atoms with van der Waals surface area (Å²) < 4.78 is 21.6. The summed E-state index contributed by atoms with van der Waals surface area (Å²) in [6, 6.07) is 24.4. The maximum absolute atomic E-state index is 12.9. The van der Waals surface area contributed by atoms with Gasteiger partial charge >= 0.3 is 17.9 Å². The summed E-state index contributed by atoms with van der Waals surface area (Å²) in [6.45, 7) is 7.44. The number of benzene rings is 3. The fraction of sp³-hybridized carbons (Fsp3) is 0.767. The lowest BCUT2D eigenvalue weighted by Gasteiger charge is -2.21. The van der Waals surface area contributed by atoms with Gasteiger partial charge in [-0.15, -0.1) is 0 Å². The zero-order valence-electron chi connectivity index (χ0n) is 65.6. The summed E-state index contributed by atoms with van der Waals surface area (Å²) in [5.74, 6) is 3.08. The summed E-state index contributed by atoms with van der Waals surface area (Å²) in [4.78, 5) is 38.6. The van der Waals surface area contributed by atoms with Gasteiger partial charge < -0.3 is 18.7 Å². The third-order valence-corrected chi connectivity index (χ3v) is 30.1. The molecule has 0 unspecified atom stereocenters. The van der Waals surface area contributed by atoms with Crippen molar-refractivity contribution in [3.63, 3.8) is 0 Å². The number of aryl methyl sites for hydroxylation is 3. The molecule has 0 saturated carbocycles. The van der Waals surface area contributed by atoms with Crippen molar-refractivity contribution in [2.75, 3.05) is 18.1 Å². The molecule has 0 amide bonds. The molecule has 3 aromatic rings. The van der Waals surface area contributed by atoms with E-state index in [9.17, 15) is 14.4 Å². The van der Waals surface area contributed by atoms with Crippen LogP contribution >= 0.6 is 27.4 Å². The smallest absolute Gasteiger partial charge is 0.311 e. The predicted octanol–water partition coefficient (Wildman–Crippen LogP) is 30.6. The van der Waals surface area contributed by atoms with E-state index >= 15 is 0 Å². The molecular formula is C90H153O7PS3. The number of hydrogen-bond acceptors (Lipinski definition) is 10. The third-order valence-electron chi connectivity index (χ3n) is 20.2. The maximum Gasteiger partial charge on any atom is 0.311 e. The molecule has 0 saturated heterocycles. The molecule has 0 fully saturated rings. The van der Waals surface area contributed by atoms with Crippen molar-refractivity contribution in [3.8, 4) is 17.2 Å². The van der Waals surface area contributed by atoms with Crippen LogP contribution in [-0.4, -0.2) is 36.0 Å². The molecule has 3 rings (SSSR count). The molecule has 0 atom stereocenters. The lowest BCUT2D eigenvalue weighted by Crippen LogP contribution is -2.07. The van der Waals surface area contributed by atoms with Crippen molar-refractivity contribution in [3.05, 3.63) is 89.5 Å². The van der Waals surface area contributed by atoms with Crippen molar-refractivity contribution in [1.29, 1.82) is 0 Å². The van der Waals surface area contributed by atoms with E-state index < -0.39 is 4.67 Å². The highest BCUT2D eigenvalue weighted by Gasteiger charge is 2.20. The molecule has 11 heteroatoms. The number of rotatable bonds is 75. The van der Waals surface area contributed by atoms with Gasteiger partial charge in [-0.25, -0.2) is 0 Å². The Labute approximate surface area is 636 Å². The van der Waals surface area contributed by atoms with Crippen molar-refractivity contribution >= 4 is 57.1 Å². The van der Waals surface area contributed by atoms with E-state index in [1.54, 1.807) is 22.8 Å². The normalized spacial score (nSPS) is 11.6. The number of carbonyl (C=O) groups excluding carboxylic acids is 3. The molecule has 0 aliphatic rings. The first-order chi connectivity index (χ1) is 49.7. The highest BCUT2D eigenvalue weighted by atomic mass is 33.2. The molecule has 578 valence electrons. The fourth-order valence-corrected chi connectivity index (χ4v) is 22.1. The van der Waals surface area contributed by atoms with Crippen molar-refractivity contribution in [2.45, 2.75) is 425 Å². The van der Waals surface area contributed by atoms with E-state index in [-0.39, 0.29) is 17.9 Å². The largest absolute Gasteiger partial charge is 0.427 e. The van der Waals surface area contributed by atoms with Crippen LogP contribution in [-0.2, 0) is 50.0 Å². The molecule has 0 bridgehead atoms. The van der Waals surface area contributed by atoms with Gasteiger partial charge in [0.05, 0.1) is 6.61 Å². The highest BCUT2D eigenvalue weighted by Crippen LogP contribution is 2.70. The minimum atomic E-state index is -2.25. The summed E-state index contributed by atoms with van der Waals surface area (Å²) in [6.07, 6.45) is 78.3. The molecule has 3 aromatic carbocycles. The molecule has 0 heterocycles. The Morgan fingerprint density at radius 2 is 0.465 bits per heavy atom. The van der Waals surface area contributed by atoms with Gasteiger partial charge in [-0.05, 0) is 142 Å². The first kappa shape index (κ1) is 92.6. The second-order valence-electron chi connectivity index (χ2n) is 29.9. The Balaban J connectivity index is 1.29. The van der Waals surface area contributed by atoms with Crippen LogP contribution in [0.3, 0.4) is 0 Å². The van der Waals surface area contributed by atoms with Gasteiger partial charge in [0.2, 0.25) is 0 Å². The van der Waals surface area contributed by atoms with Gasteiger partial charge in [-0.2, -0.15) is 0 Å². The quantitative estimate of drug-likeness (QED) is 0.0236. The van der Waals surface area contributed by atoms with Crippen LogP contribution in [0.25, 0.3) is 0 Å². The second kappa shape index (κ2) is 69.1. The SMILES string of the molecule is CCCCCCCCCCCCCCCCCCc1ccc(OC(=O)CCCCCOP(=S)(SCCCCCC(=O)Oc2ccc(CCCCCCCCCCCCCCCCCC)cc2)SCCCCCC(=O)Oc2ccc(CCCCCCCCCCCCCCCCCC)cc2)cc1. The Hall–Kier alpha value is -2.62. The minimum Gasteiger partial charge on any atom is -0.427 e. The third kappa shape index (κ3) is 58.2. The molecule has 101 heavy (non-hydrogen) atoms. The topological polar surface area (TPSA) is 88.1 Å². The van der Waals surface area contributed by atoms with E-state index in [1.165, 1.54) is 325 Å². The van der Waals surface area contributed by atoms with Gasteiger partial charge in [0.15, 0.2) is 4.67 Å². The lowest BCUT2D eigenvalue weighted by molar-refractivity contribution is -0.135. The van der Waals surface area contributed by atoms with E-state index in [2.05, 4.69) is 57.2 Å². The van der Waals surface area contributed by atoms with Crippen LogP contribution in [0.1, 0.15) is 423 Å². The van der Waals surface area contributed by atoms with Gasteiger partial charge in [0.25, 0.3) is 0 Å². The molecule has 0 aromatic heterocycles. The van der Waals surface area contributed by atoms with Crippen molar-refractivity contribution in [2.24, 2.45) is 0 Å². The molecule has 0 aliphatic heterocycles. The fourth-order valence-electron chi connectivity index (χ4n) is 13.6. The number of ether oxygens (including phenoxy) is 3. The lowest BCUT2D eigenvalue weighted by atomic mass is 10.0. The second-order valence-corrected chi connectivity index (χ2v) is 40.6. The summed E-state index contributed by atoms with van der Waals surface area (Å²) in [5, 5.41) is 0. The van der Waals surface area contributed by atoms with Crippen LogP contribution in [0.4, 0.5) is 0 Å². The van der Waals surface area contributed by atoms with E-state index in [0.717, 1.165) is 88.6 Å².